The number of aromatic hydroxyl groups is 1. The summed E-state index contributed by atoms with van der Waals surface area (Å²) in [6, 6.07) is 25.2. The Morgan fingerprint density at radius 2 is 1.44 bits per heavy atom. The lowest BCUT2D eigenvalue weighted by Gasteiger charge is -2.14. The van der Waals surface area contributed by atoms with Gasteiger partial charge in [0, 0.05) is 5.88 Å². The van der Waals surface area contributed by atoms with Gasteiger partial charge in [0.05, 0.1) is 6.61 Å². The molecule has 0 radical (unpaired) electrons. The van der Waals surface area contributed by atoms with E-state index in [9.17, 15) is 5.11 Å². The fourth-order valence-electron chi connectivity index (χ4n) is 2.96. The molecule has 3 aromatic rings. The minimum Gasteiger partial charge on any atom is -0.508 e. The predicted molar refractivity (Wildman–Crippen MR) is 134 cm³/mol. The average Bonchev–Trinajstić information content (AvgIpc) is 2.82. The highest BCUT2D eigenvalue weighted by Gasteiger charge is 2.03. The van der Waals surface area contributed by atoms with Crippen LogP contribution in [0.2, 0.25) is 0 Å². The molecule has 0 amide bonds. The van der Waals surface area contributed by atoms with E-state index < -0.39 is 0 Å². The summed E-state index contributed by atoms with van der Waals surface area (Å²) in [7, 11) is 0. The highest BCUT2D eigenvalue weighted by molar-refractivity contribution is 6.17. The van der Waals surface area contributed by atoms with Crippen LogP contribution in [0.1, 0.15) is 23.6 Å². The Bertz CT molecular complexity index is 1040. The van der Waals surface area contributed by atoms with Gasteiger partial charge in [-0.15, -0.1) is 11.6 Å². The number of benzene rings is 3. The Labute approximate surface area is 194 Å². The van der Waals surface area contributed by atoms with Crippen LogP contribution in [-0.4, -0.2) is 23.9 Å². The summed E-state index contributed by atoms with van der Waals surface area (Å²) in [6.45, 7) is 2.30. The van der Waals surface area contributed by atoms with Crippen LogP contribution in [0.25, 0.3) is 18.2 Å². The molecule has 0 bridgehead atoms. The van der Waals surface area contributed by atoms with E-state index in [1.165, 1.54) is 0 Å². The first-order chi connectivity index (χ1) is 15.6. The first-order valence-corrected chi connectivity index (χ1v) is 11.0. The molecule has 0 aliphatic heterocycles. The van der Waals surface area contributed by atoms with Crippen molar-refractivity contribution in [3.8, 4) is 11.5 Å². The van der Waals surface area contributed by atoms with Gasteiger partial charge in [0.2, 0.25) is 0 Å². The first-order valence-electron chi connectivity index (χ1n) is 10.5. The quantitative estimate of drug-likeness (QED) is 0.203. The van der Waals surface area contributed by atoms with Crippen LogP contribution in [0.4, 0.5) is 0 Å². The second kappa shape index (κ2) is 12.6. The van der Waals surface area contributed by atoms with Crippen molar-refractivity contribution >= 4 is 29.8 Å². The third-order valence-corrected chi connectivity index (χ3v) is 4.73. The smallest absolute Gasteiger partial charge is 0.197 e. The molecule has 0 aliphatic carbocycles. The summed E-state index contributed by atoms with van der Waals surface area (Å²) in [5.74, 6) is 1.44. The first kappa shape index (κ1) is 23.4. The second-order valence-electron chi connectivity index (χ2n) is 7.13. The van der Waals surface area contributed by atoms with Gasteiger partial charge in [-0.3, -0.25) is 0 Å². The third kappa shape index (κ3) is 8.10. The summed E-state index contributed by atoms with van der Waals surface area (Å²) in [4.78, 5) is 0. The lowest BCUT2D eigenvalue weighted by Crippen LogP contribution is -2.17. The molecule has 0 spiro atoms. The number of ether oxygens (including phenoxy) is 2. The van der Waals surface area contributed by atoms with Crippen molar-refractivity contribution < 1.29 is 14.6 Å². The molecule has 0 aliphatic rings. The summed E-state index contributed by atoms with van der Waals surface area (Å²) in [5, 5.41) is 9.54. The lowest BCUT2D eigenvalue weighted by molar-refractivity contribution is -0.0605. The van der Waals surface area contributed by atoms with Gasteiger partial charge in [-0.05, 0) is 59.5 Å². The number of rotatable bonds is 10. The molecule has 0 heterocycles. The van der Waals surface area contributed by atoms with E-state index in [-0.39, 0.29) is 12.0 Å². The van der Waals surface area contributed by atoms with Crippen molar-refractivity contribution in [3.63, 3.8) is 0 Å². The molecular formula is C28H27ClO3. The van der Waals surface area contributed by atoms with Crippen molar-refractivity contribution in [2.75, 3.05) is 12.5 Å². The minimum atomic E-state index is -0.349. The number of allylic oxidation sites excluding steroid dienone is 3. The van der Waals surface area contributed by atoms with Crippen molar-refractivity contribution in [3.05, 3.63) is 113 Å². The fraction of sp³-hybridized carbons (Fsp3) is 0.143. The zero-order valence-corrected chi connectivity index (χ0v) is 18.8. The van der Waals surface area contributed by atoms with E-state index >= 15 is 0 Å². The summed E-state index contributed by atoms with van der Waals surface area (Å²) in [6.07, 6.45) is 10.00. The fourth-order valence-corrected chi connectivity index (χ4v) is 3.05. The SMILES string of the molecule is CC(OCCCl)Oc1ccc(C=CC(C=Cc2ccccc2)=Cc2ccc(O)cc2)cc1. The van der Waals surface area contributed by atoms with Gasteiger partial charge in [-0.1, -0.05) is 78.9 Å². The van der Waals surface area contributed by atoms with Crippen LogP contribution in [-0.2, 0) is 4.74 Å². The molecule has 0 saturated carbocycles. The highest BCUT2D eigenvalue weighted by atomic mass is 35.5. The largest absolute Gasteiger partial charge is 0.508 e. The maximum Gasteiger partial charge on any atom is 0.197 e. The molecule has 164 valence electrons. The zero-order chi connectivity index (χ0) is 22.6. The summed E-state index contributed by atoms with van der Waals surface area (Å²) >= 11 is 5.64. The van der Waals surface area contributed by atoms with Crippen LogP contribution in [0.5, 0.6) is 11.5 Å². The van der Waals surface area contributed by atoms with E-state index in [0.29, 0.717) is 12.5 Å². The maximum absolute atomic E-state index is 9.54. The number of hydrogen-bond acceptors (Lipinski definition) is 3. The monoisotopic (exact) mass is 446 g/mol. The third-order valence-electron chi connectivity index (χ3n) is 4.57. The van der Waals surface area contributed by atoms with E-state index in [1.54, 1.807) is 12.1 Å². The lowest BCUT2D eigenvalue weighted by atomic mass is 10.1. The molecule has 3 rings (SSSR count). The average molecular weight is 447 g/mol. The van der Waals surface area contributed by atoms with Crippen molar-refractivity contribution in [1.29, 1.82) is 0 Å². The Hall–Kier alpha value is -3.27. The molecule has 3 aromatic carbocycles. The van der Waals surface area contributed by atoms with Crippen LogP contribution in [0.15, 0.2) is 96.6 Å². The second-order valence-corrected chi connectivity index (χ2v) is 7.51. The van der Waals surface area contributed by atoms with Gasteiger partial charge in [-0.25, -0.2) is 0 Å². The van der Waals surface area contributed by atoms with E-state index in [4.69, 9.17) is 21.1 Å². The molecule has 3 nitrogen and oxygen atoms in total. The molecule has 32 heavy (non-hydrogen) atoms. The van der Waals surface area contributed by atoms with Gasteiger partial charge in [-0.2, -0.15) is 0 Å². The molecule has 1 N–H and O–H groups in total. The summed E-state index contributed by atoms with van der Waals surface area (Å²) in [5.41, 5.74) is 4.22. The number of phenolic OH excluding ortho intramolecular Hbond substituents is 1. The number of halogens is 1. The van der Waals surface area contributed by atoms with Crippen molar-refractivity contribution in [2.24, 2.45) is 0 Å². The molecule has 1 atom stereocenters. The van der Waals surface area contributed by atoms with Crippen molar-refractivity contribution in [1.82, 2.24) is 0 Å². The molecule has 0 saturated heterocycles. The minimum absolute atomic E-state index is 0.253. The standard InChI is InChI=1S/C28H27ClO3/c1-22(31-20-19-29)32-28-17-13-24(14-18-28)8-10-25(9-7-23-5-3-2-4-6-23)21-26-11-15-27(30)16-12-26/h2-18,21-22,30H,19-20H2,1H3. The molecule has 0 fully saturated rings. The molecule has 1 unspecified atom stereocenters. The Balaban J connectivity index is 1.75. The number of hydrogen-bond donors (Lipinski definition) is 1. The van der Waals surface area contributed by atoms with Gasteiger partial charge in [0.1, 0.15) is 11.5 Å². The zero-order valence-electron chi connectivity index (χ0n) is 18.0. The van der Waals surface area contributed by atoms with Crippen molar-refractivity contribution in [2.45, 2.75) is 13.2 Å². The van der Waals surface area contributed by atoms with E-state index in [1.807, 2.05) is 61.5 Å². The van der Waals surface area contributed by atoms with E-state index in [0.717, 1.165) is 28.0 Å². The van der Waals surface area contributed by atoms with Crippen LogP contribution in [0.3, 0.4) is 0 Å². The molecule has 4 heteroatoms. The van der Waals surface area contributed by atoms with Crippen LogP contribution < -0.4 is 4.74 Å². The van der Waals surface area contributed by atoms with Gasteiger partial charge in [0.15, 0.2) is 6.29 Å². The highest BCUT2D eigenvalue weighted by Crippen LogP contribution is 2.18. The van der Waals surface area contributed by atoms with Gasteiger partial charge >= 0.3 is 0 Å². The number of phenols is 1. The topological polar surface area (TPSA) is 38.7 Å². The normalized spacial score (nSPS) is 13.0. The molecular weight excluding hydrogens is 420 g/mol. The predicted octanol–water partition coefficient (Wildman–Crippen LogP) is 7.18. The van der Waals surface area contributed by atoms with Gasteiger partial charge < -0.3 is 14.6 Å². The Kier molecular flexibility index (Phi) is 9.18. The van der Waals surface area contributed by atoms with Gasteiger partial charge in [0.25, 0.3) is 0 Å². The number of alkyl halides is 1. The Morgan fingerprint density at radius 1 is 0.844 bits per heavy atom. The van der Waals surface area contributed by atoms with Crippen LogP contribution in [0, 0.1) is 0 Å². The molecule has 0 aromatic heterocycles. The van der Waals surface area contributed by atoms with E-state index in [2.05, 4.69) is 42.5 Å². The Morgan fingerprint density at radius 3 is 2.06 bits per heavy atom. The summed E-state index contributed by atoms with van der Waals surface area (Å²) < 4.78 is 11.2. The van der Waals surface area contributed by atoms with Crippen LogP contribution >= 0.6 is 11.6 Å². The maximum atomic E-state index is 9.54.